The SMILES string of the molecule is CCCC(C)NC(=O)NCC1(C(=O)O)CCCCC1. The van der Waals surface area contributed by atoms with Gasteiger partial charge in [-0.05, 0) is 26.2 Å². The van der Waals surface area contributed by atoms with E-state index < -0.39 is 11.4 Å². The van der Waals surface area contributed by atoms with Crippen molar-refractivity contribution < 1.29 is 14.7 Å². The molecule has 0 saturated heterocycles. The molecule has 0 bridgehead atoms. The van der Waals surface area contributed by atoms with E-state index in [2.05, 4.69) is 17.6 Å². The maximum atomic E-state index is 11.7. The van der Waals surface area contributed by atoms with E-state index in [-0.39, 0.29) is 18.6 Å². The van der Waals surface area contributed by atoms with Crippen molar-refractivity contribution in [2.24, 2.45) is 5.41 Å². The second kappa shape index (κ2) is 7.36. The Kier molecular flexibility index (Phi) is 6.12. The molecule has 0 aromatic heterocycles. The van der Waals surface area contributed by atoms with Crippen molar-refractivity contribution in [3.8, 4) is 0 Å². The molecule has 0 aromatic carbocycles. The second-order valence-electron chi connectivity index (χ2n) is 5.66. The van der Waals surface area contributed by atoms with Crippen molar-refractivity contribution in [1.29, 1.82) is 0 Å². The van der Waals surface area contributed by atoms with Gasteiger partial charge in [-0.2, -0.15) is 0 Å². The molecule has 1 aliphatic carbocycles. The van der Waals surface area contributed by atoms with Crippen LogP contribution >= 0.6 is 0 Å². The molecule has 110 valence electrons. The van der Waals surface area contributed by atoms with Crippen molar-refractivity contribution in [3.05, 3.63) is 0 Å². The van der Waals surface area contributed by atoms with Crippen LogP contribution in [-0.4, -0.2) is 29.7 Å². The molecular formula is C14H26N2O3. The third kappa shape index (κ3) is 4.73. The molecule has 0 spiro atoms. The first-order chi connectivity index (χ1) is 9.00. The highest BCUT2D eigenvalue weighted by molar-refractivity contribution is 5.78. The molecule has 1 saturated carbocycles. The molecular weight excluding hydrogens is 244 g/mol. The maximum Gasteiger partial charge on any atom is 0.315 e. The van der Waals surface area contributed by atoms with Crippen molar-refractivity contribution in [2.45, 2.75) is 64.8 Å². The van der Waals surface area contributed by atoms with E-state index in [4.69, 9.17) is 0 Å². The van der Waals surface area contributed by atoms with Gasteiger partial charge >= 0.3 is 12.0 Å². The summed E-state index contributed by atoms with van der Waals surface area (Å²) in [5, 5.41) is 15.0. The Morgan fingerprint density at radius 2 is 1.89 bits per heavy atom. The summed E-state index contributed by atoms with van der Waals surface area (Å²) in [6.45, 7) is 4.25. The molecule has 1 rings (SSSR count). The number of aliphatic carboxylic acids is 1. The summed E-state index contributed by atoms with van der Waals surface area (Å²) in [5.41, 5.74) is -0.760. The van der Waals surface area contributed by atoms with Gasteiger partial charge in [0.2, 0.25) is 0 Å². The van der Waals surface area contributed by atoms with Gasteiger partial charge < -0.3 is 15.7 Å². The Balaban J connectivity index is 2.44. The number of carboxylic acid groups (broad SMARTS) is 1. The number of carbonyl (C=O) groups is 2. The number of carboxylic acids is 1. The summed E-state index contributed by atoms with van der Waals surface area (Å²) in [4.78, 5) is 23.2. The van der Waals surface area contributed by atoms with Gasteiger partial charge in [-0.15, -0.1) is 0 Å². The highest BCUT2D eigenvalue weighted by Gasteiger charge is 2.39. The fourth-order valence-corrected chi connectivity index (χ4v) is 2.72. The Hall–Kier alpha value is -1.26. The Labute approximate surface area is 115 Å². The van der Waals surface area contributed by atoms with Gasteiger partial charge in [0, 0.05) is 12.6 Å². The first-order valence-corrected chi connectivity index (χ1v) is 7.28. The third-order valence-electron chi connectivity index (χ3n) is 3.95. The lowest BCUT2D eigenvalue weighted by atomic mass is 9.74. The van der Waals surface area contributed by atoms with Crippen LogP contribution in [0.5, 0.6) is 0 Å². The molecule has 1 aliphatic rings. The van der Waals surface area contributed by atoms with Crippen LogP contribution in [0.15, 0.2) is 0 Å². The number of urea groups is 1. The summed E-state index contributed by atoms with van der Waals surface area (Å²) < 4.78 is 0. The van der Waals surface area contributed by atoms with Gasteiger partial charge in [0.25, 0.3) is 0 Å². The lowest BCUT2D eigenvalue weighted by molar-refractivity contribution is -0.150. The number of hydrogen-bond acceptors (Lipinski definition) is 2. The van der Waals surface area contributed by atoms with Crippen LogP contribution in [-0.2, 0) is 4.79 Å². The van der Waals surface area contributed by atoms with Crippen LogP contribution in [0.3, 0.4) is 0 Å². The minimum absolute atomic E-state index is 0.122. The highest BCUT2D eigenvalue weighted by atomic mass is 16.4. The van der Waals surface area contributed by atoms with Crippen LogP contribution in [0.4, 0.5) is 4.79 Å². The molecule has 0 heterocycles. The monoisotopic (exact) mass is 270 g/mol. The van der Waals surface area contributed by atoms with E-state index in [1.54, 1.807) is 0 Å². The van der Waals surface area contributed by atoms with Crippen molar-refractivity contribution in [2.75, 3.05) is 6.54 Å². The summed E-state index contributed by atoms with van der Waals surface area (Å²) in [6.07, 6.45) is 6.22. The van der Waals surface area contributed by atoms with Crippen LogP contribution in [0.25, 0.3) is 0 Å². The van der Waals surface area contributed by atoms with E-state index in [0.717, 1.165) is 32.1 Å². The van der Waals surface area contributed by atoms with Gasteiger partial charge in [0.1, 0.15) is 0 Å². The summed E-state index contributed by atoms with van der Waals surface area (Å²) in [7, 11) is 0. The molecule has 1 atom stereocenters. The third-order valence-corrected chi connectivity index (χ3v) is 3.95. The van der Waals surface area contributed by atoms with Gasteiger partial charge in [-0.25, -0.2) is 4.79 Å². The zero-order chi connectivity index (χ0) is 14.3. The number of hydrogen-bond donors (Lipinski definition) is 3. The Morgan fingerprint density at radius 3 is 2.42 bits per heavy atom. The quantitative estimate of drug-likeness (QED) is 0.694. The predicted octanol–water partition coefficient (Wildman–Crippen LogP) is 2.51. The first-order valence-electron chi connectivity index (χ1n) is 7.28. The van der Waals surface area contributed by atoms with E-state index in [1.807, 2.05) is 6.92 Å². The average molecular weight is 270 g/mol. The van der Waals surface area contributed by atoms with Crippen molar-refractivity contribution in [3.63, 3.8) is 0 Å². The fraction of sp³-hybridized carbons (Fsp3) is 0.857. The van der Waals surface area contributed by atoms with Crippen LogP contribution < -0.4 is 10.6 Å². The van der Waals surface area contributed by atoms with Crippen LogP contribution in [0.1, 0.15) is 58.8 Å². The largest absolute Gasteiger partial charge is 0.481 e. The summed E-state index contributed by atoms with van der Waals surface area (Å²) >= 11 is 0. The molecule has 5 nitrogen and oxygen atoms in total. The van der Waals surface area contributed by atoms with Gasteiger partial charge in [-0.3, -0.25) is 4.79 Å². The van der Waals surface area contributed by atoms with Crippen molar-refractivity contribution in [1.82, 2.24) is 10.6 Å². The predicted molar refractivity (Wildman–Crippen MR) is 74.1 cm³/mol. The zero-order valence-electron chi connectivity index (χ0n) is 12.0. The molecule has 2 amide bonds. The molecule has 0 radical (unpaired) electrons. The van der Waals surface area contributed by atoms with E-state index in [0.29, 0.717) is 12.8 Å². The maximum absolute atomic E-state index is 11.7. The molecule has 3 N–H and O–H groups in total. The van der Waals surface area contributed by atoms with E-state index >= 15 is 0 Å². The fourth-order valence-electron chi connectivity index (χ4n) is 2.72. The number of rotatable bonds is 6. The van der Waals surface area contributed by atoms with E-state index in [1.165, 1.54) is 0 Å². The Bertz CT molecular complexity index is 312. The lowest BCUT2D eigenvalue weighted by Crippen LogP contribution is -2.48. The van der Waals surface area contributed by atoms with Gasteiger partial charge in [-0.1, -0.05) is 32.6 Å². The zero-order valence-corrected chi connectivity index (χ0v) is 12.0. The summed E-state index contributed by atoms with van der Waals surface area (Å²) in [6, 6.07) is -0.135. The van der Waals surface area contributed by atoms with Crippen LogP contribution in [0.2, 0.25) is 0 Å². The number of amides is 2. The first kappa shape index (κ1) is 15.8. The second-order valence-corrected chi connectivity index (χ2v) is 5.66. The molecule has 5 heteroatoms. The molecule has 1 unspecified atom stereocenters. The number of carbonyl (C=O) groups excluding carboxylic acids is 1. The van der Waals surface area contributed by atoms with Crippen LogP contribution in [0, 0.1) is 5.41 Å². The smallest absolute Gasteiger partial charge is 0.315 e. The lowest BCUT2D eigenvalue weighted by Gasteiger charge is -2.33. The minimum atomic E-state index is -0.783. The molecule has 1 fully saturated rings. The standard InChI is InChI=1S/C14H26N2O3/c1-3-7-11(2)16-13(19)15-10-14(12(17)18)8-5-4-6-9-14/h11H,3-10H2,1-2H3,(H,17,18)(H2,15,16,19). The Morgan fingerprint density at radius 1 is 1.26 bits per heavy atom. The van der Waals surface area contributed by atoms with Gasteiger partial charge in [0.15, 0.2) is 0 Å². The number of nitrogens with one attached hydrogen (secondary N) is 2. The average Bonchev–Trinajstić information content (AvgIpc) is 2.37. The molecule has 19 heavy (non-hydrogen) atoms. The highest BCUT2D eigenvalue weighted by Crippen LogP contribution is 2.35. The summed E-state index contributed by atoms with van der Waals surface area (Å²) in [5.74, 6) is -0.783. The molecule has 0 aliphatic heterocycles. The van der Waals surface area contributed by atoms with Gasteiger partial charge in [0.05, 0.1) is 5.41 Å². The topological polar surface area (TPSA) is 78.4 Å². The normalized spacial score (nSPS) is 19.5. The van der Waals surface area contributed by atoms with E-state index in [9.17, 15) is 14.7 Å². The van der Waals surface area contributed by atoms with Crippen molar-refractivity contribution >= 4 is 12.0 Å². The molecule has 0 aromatic rings. The minimum Gasteiger partial charge on any atom is -0.481 e.